The molecule has 0 N–H and O–H groups in total. The van der Waals surface area contributed by atoms with Crippen LogP contribution in [-0.2, 0) is 16.1 Å². The van der Waals surface area contributed by atoms with E-state index in [4.69, 9.17) is 16.9 Å². The normalized spacial score (nSPS) is 10.8. The van der Waals surface area contributed by atoms with Gasteiger partial charge in [-0.2, -0.15) is 5.26 Å². The molecule has 2 rings (SSSR count). The minimum atomic E-state index is -2.77. The van der Waals surface area contributed by atoms with Crippen LogP contribution in [0.25, 0.3) is 10.9 Å². The van der Waals surface area contributed by atoms with Crippen LogP contribution in [0.15, 0.2) is 18.2 Å². The standard InChI is InChI=1S/C13H9ClF2N2O2/c1-20-11(19)6-18-9-3-2-7(5-17)12(14)8(9)4-10(18)13(15)16/h2-4,13H,6H2,1H3. The molecule has 0 saturated carbocycles. The van der Waals surface area contributed by atoms with E-state index in [9.17, 15) is 13.6 Å². The van der Waals surface area contributed by atoms with Crippen molar-refractivity contribution in [2.45, 2.75) is 13.0 Å². The van der Waals surface area contributed by atoms with Crippen molar-refractivity contribution in [2.75, 3.05) is 7.11 Å². The van der Waals surface area contributed by atoms with E-state index in [1.807, 2.05) is 6.07 Å². The monoisotopic (exact) mass is 298 g/mol. The molecular weight excluding hydrogens is 290 g/mol. The molecule has 1 aromatic carbocycles. The molecule has 104 valence electrons. The van der Waals surface area contributed by atoms with Crippen molar-refractivity contribution < 1.29 is 18.3 Å². The zero-order valence-electron chi connectivity index (χ0n) is 10.4. The number of methoxy groups -OCH3 is 1. The second-order valence-electron chi connectivity index (χ2n) is 4.00. The predicted molar refractivity (Wildman–Crippen MR) is 68.6 cm³/mol. The number of nitrogens with zero attached hydrogens (tertiary/aromatic N) is 2. The second kappa shape index (κ2) is 5.47. The number of ether oxygens (including phenoxy) is 1. The van der Waals surface area contributed by atoms with Gasteiger partial charge in [0.25, 0.3) is 6.43 Å². The lowest BCUT2D eigenvalue weighted by atomic mass is 10.1. The van der Waals surface area contributed by atoms with E-state index >= 15 is 0 Å². The Morgan fingerprint density at radius 3 is 2.80 bits per heavy atom. The first-order chi connectivity index (χ1) is 9.49. The summed E-state index contributed by atoms with van der Waals surface area (Å²) in [5.74, 6) is -0.648. The van der Waals surface area contributed by atoms with Crippen LogP contribution < -0.4 is 0 Å². The lowest BCUT2D eigenvalue weighted by Gasteiger charge is -2.08. The molecule has 20 heavy (non-hydrogen) atoms. The molecule has 0 amide bonds. The number of hydrogen-bond donors (Lipinski definition) is 0. The summed E-state index contributed by atoms with van der Waals surface area (Å²) in [4.78, 5) is 11.3. The maximum atomic E-state index is 13.1. The summed E-state index contributed by atoms with van der Waals surface area (Å²) in [5.41, 5.74) is 0.201. The van der Waals surface area contributed by atoms with Gasteiger partial charge in [-0.05, 0) is 18.2 Å². The highest BCUT2D eigenvalue weighted by atomic mass is 35.5. The highest BCUT2D eigenvalue weighted by Crippen LogP contribution is 2.33. The van der Waals surface area contributed by atoms with Gasteiger partial charge in [0, 0.05) is 5.39 Å². The summed E-state index contributed by atoms with van der Waals surface area (Å²) in [6.07, 6.45) is -2.77. The summed E-state index contributed by atoms with van der Waals surface area (Å²) in [7, 11) is 1.18. The molecule has 0 unspecified atom stereocenters. The fourth-order valence-corrected chi connectivity index (χ4v) is 2.21. The smallest absolute Gasteiger partial charge is 0.325 e. The average Bonchev–Trinajstić information content (AvgIpc) is 2.79. The van der Waals surface area contributed by atoms with Crippen LogP contribution in [0.1, 0.15) is 17.7 Å². The first-order valence-electron chi connectivity index (χ1n) is 5.56. The predicted octanol–water partition coefficient (Wildman–Crippen LogP) is 3.28. The summed E-state index contributed by atoms with van der Waals surface area (Å²) in [6.45, 7) is -0.345. The number of fused-ring (bicyclic) bond motifs is 1. The molecule has 2 aromatic rings. The largest absolute Gasteiger partial charge is 0.468 e. The molecule has 0 atom stereocenters. The maximum Gasteiger partial charge on any atom is 0.325 e. The number of halogens is 3. The Kier molecular flexibility index (Phi) is 3.91. The van der Waals surface area contributed by atoms with Crippen molar-refractivity contribution >= 4 is 28.5 Å². The molecule has 0 saturated heterocycles. The number of aromatic nitrogens is 1. The van der Waals surface area contributed by atoms with Crippen molar-refractivity contribution in [3.05, 3.63) is 34.5 Å². The van der Waals surface area contributed by atoms with Gasteiger partial charge in [0.15, 0.2) is 0 Å². The van der Waals surface area contributed by atoms with E-state index in [1.165, 1.54) is 25.3 Å². The highest BCUT2D eigenvalue weighted by Gasteiger charge is 2.21. The topological polar surface area (TPSA) is 55.0 Å². The molecular formula is C13H9ClF2N2O2. The Bertz CT molecular complexity index is 719. The van der Waals surface area contributed by atoms with Crippen LogP contribution in [0.2, 0.25) is 5.02 Å². The van der Waals surface area contributed by atoms with Crippen LogP contribution in [-0.4, -0.2) is 17.6 Å². The molecule has 0 spiro atoms. The van der Waals surface area contributed by atoms with Crippen LogP contribution in [0.4, 0.5) is 8.78 Å². The Morgan fingerprint density at radius 2 is 2.25 bits per heavy atom. The zero-order valence-corrected chi connectivity index (χ0v) is 11.1. The van der Waals surface area contributed by atoms with Gasteiger partial charge in [-0.15, -0.1) is 0 Å². The molecule has 1 aromatic heterocycles. The molecule has 0 bridgehead atoms. The van der Waals surface area contributed by atoms with Gasteiger partial charge in [-0.1, -0.05) is 11.6 Å². The summed E-state index contributed by atoms with van der Waals surface area (Å²) >= 11 is 6.01. The minimum absolute atomic E-state index is 0.0931. The zero-order chi connectivity index (χ0) is 14.9. The van der Waals surface area contributed by atoms with Crippen LogP contribution in [0, 0.1) is 11.3 Å². The Hall–Kier alpha value is -2.13. The van der Waals surface area contributed by atoms with Crippen LogP contribution in [0.5, 0.6) is 0 Å². The second-order valence-corrected chi connectivity index (χ2v) is 4.38. The number of esters is 1. The van der Waals surface area contributed by atoms with Gasteiger partial charge in [0.05, 0.1) is 28.9 Å². The van der Waals surface area contributed by atoms with Gasteiger partial charge < -0.3 is 9.30 Å². The van der Waals surface area contributed by atoms with Crippen molar-refractivity contribution in [3.8, 4) is 6.07 Å². The van der Waals surface area contributed by atoms with Crippen LogP contribution >= 0.6 is 11.6 Å². The van der Waals surface area contributed by atoms with Crippen molar-refractivity contribution in [3.63, 3.8) is 0 Å². The summed E-state index contributed by atoms with van der Waals surface area (Å²) in [6, 6.07) is 5.97. The lowest BCUT2D eigenvalue weighted by Crippen LogP contribution is -2.13. The van der Waals surface area contributed by atoms with Crippen molar-refractivity contribution in [1.29, 1.82) is 5.26 Å². The maximum absolute atomic E-state index is 13.1. The molecule has 1 heterocycles. The molecule has 4 nitrogen and oxygen atoms in total. The quantitative estimate of drug-likeness (QED) is 0.817. The van der Waals surface area contributed by atoms with Gasteiger partial charge in [0.1, 0.15) is 12.6 Å². The molecule has 7 heteroatoms. The number of nitriles is 1. The highest BCUT2D eigenvalue weighted by molar-refractivity contribution is 6.36. The number of carbonyl (C=O) groups excluding carboxylic acids is 1. The Balaban J connectivity index is 2.71. The number of rotatable bonds is 3. The first-order valence-corrected chi connectivity index (χ1v) is 5.94. The van der Waals surface area contributed by atoms with E-state index in [1.54, 1.807) is 0 Å². The Morgan fingerprint density at radius 1 is 1.55 bits per heavy atom. The summed E-state index contributed by atoms with van der Waals surface area (Å²) in [5, 5.41) is 9.29. The minimum Gasteiger partial charge on any atom is -0.468 e. The number of hydrogen-bond acceptors (Lipinski definition) is 3. The van der Waals surface area contributed by atoms with E-state index < -0.39 is 12.4 Å². The molecule has 0 fully saturated rings. The van der Waals surface area contributed by atoms with Crippen molar-refractivity contribution in [2.24, 2.45) is 0 Å². The van der Waals surface area contributed by atoms with Gasteiger partial charge in [-0.25, -0.2) is 8.78 Å². The SMILES string of the molecule is COC(=O)Cn1c(C(F)F)cc2c(Cl)c(C#N)ccc21. The fraction of sp³-hybridized carbons (Fsp3) is 0.231. The third-order valence-electron chi connectivity index (χ3n) is 2.91. The molecule has 0 aliphatic rings. The first kappa shape index (κ1) is 14.3. The van der Waals surface area contributed by atoms with Gasteiger partial charge >= 0.3 is 5.97 Å². The van der Waals surface area contributed by atoms with E-state index in [2.05, 4.69) is 4.74 Å². The number of benzene rings is 1. The molecule has 0 radical (unpaired) electrons. The van der Waals surface area contributed by atoms with Crippen molar-refractivity contribution in [1.82, 2.24) is 4.57 Å². The van der Waals surface area contributed by atoms with Crippen LogP contribution in [0.3, 0.4) is 0 Å². The third kappa shape index (κ3) is 2.32. The lowest BCUT2D eigenvalue weighted by molar-refractivity contribution is -0.141. The Labute approximate surface area is 118 Å². The van der Waals surface area contributed by atoms with E-state index in [0.29, 0.717) is 10.9 Å². The van der Waals surface area contributed by atoms with E-state index in [0.717, 1.165) is 4.57 Å². The molecule has 0 aliphatic carbocycles. The average molecular weight is 299 g/mol. The summed E-state index contributed by atoms with van der Waals surface area (Å²) < 4.78 is 31.7. The number of carbonyl (C=O) groups is 1. The van der Waals surface area contributed by atoms with Gasteiger partial charge in [-0.3, -0.25) is 4.79 Å². The third-order valence-corrected chi connectivity index (χ3v) is 3.32. The fourth-order valence-electron chi connectivity index (χ4n) is 1.96. The molecule has 0 aliphatic heterocycles. The number of alkyl halides is 2. The van der Waals surface area contributed by atoms with Gasteiger partial charge in [0.2, 0.25) is 0 Å². The van der Waals surface area contributed by atoms with E-state index in [-0.39, 0.29) is 22.8 Å².